The normalized spacial score (nSPS) is 18.8. The zero-order valence-electron chi connectivity index (χ0n) is 17.5. The van der Waals surface area contributed by atoms with E-state index in [0.717, 1.165) is 38.8 Å². The predicted molar refractivity (Wildman–Crippen MR) is 112 cm³/mol. The molecule has 0 aromatic heterocycles. The summed E-state index contributed by atoms with van der Waals surface area (Å²) < 4.78 is 10.5. The minimum absolute atomic E-state index is 0.0822. The number of rotatable bonds is 7. The maximum atomic E-state index is 12.5. The van der Waals surface area contributed by atoms with E-state index in [-0.39, 0.29) is 23.8 Å². The third-order valence-corrected chi connectivity index (χ3v) is 5.96. The maximum absolute atomic E-state index is 12.5. The van der Waals surface area contributed by atoms with E-state index in [0.29, 0.717) is 23.7 Å². The molecule has 0 spiro atoms. The van der Waals surface area contributed by atoms with E-state index in [9.17, 15) is 9.59 Å². The van der Waals surface area contributed by atoms with Gasteiger partial charge in [-0.05, 0) is 37.8 Å². The second kappa shape index (κ2) is 10.5. The minimum atomic E-state index is -0.0822. The molecule has 2 fully saturated rings. The van der Waals surface area contributed by atoms with Crippen molar-refractivity contribution in [2.75, 3.05) is 39.2 Å². The number of anilines is 1. The molecule has 1 heterocycles. The highest BCUT2D eigenvalue weighted by Gasteiger charge is 2.26. The molecule has 0 unspecified atom stereocenters. The molecule has 0 radical (unpaired) electrons. The lowest BCUT2D eigenvalue weighted by molar-refractivity contribution is -0.127. The molecule has 1 saturated heterocycles. The first-order chi connectivity index (χ1) is 14.1. The van der Waals surface area contributed by atoms with Crippen LogP contribution in [0.1, 0.15) is 44.9 Å². The summed E-state index contributed by atoms with van der Waals surface area (Å²) in [7, 11) is 3.16. The van der Waals surface area contributed by atoms with E-state index in [1.165, 1.54) is 19.3 Å². The summed E-state index contributed by atoms with van der Waals surface area (Å²) in [5.41, 5.74) is 0.603. The van der Waals surface area contributed by atoms with Gasteiger partial charge in [0.25, 0.3) is 0 Å². The topological polar surface area (TPSA) is 79.9 Å². The lowest BCUT2D eigenvalue weighted by atomic mass is 9.88. The van der Waals surface area contributed by atoms with Crippen molar-refractivity contribution in [3.8, 4) is 11.5 Å². The average Bonchev–Trinajstić information content (AvgIpc) is 2.75. The fraction of sp³-hybridized carbons (Fsp3) is 0.636. The van der Waals surface area contributed by atoms with Crippen molar-refractivity contribution in [1.82, 2.24) is 10.2 Å². The molecule has 0 atom stereocenters. The Morgan fingerprint density at radius 2 is 1.76 bits per heavy atom. The standard InChI is InChI=1S/C22H33N3O4/c1-28-18-8-9-20(29-2)19(14-18)24-21(26)15-25-12-10-17(11-13-25)23-22(27)16-6-4-3-5-7-16/h8-9,14,16-17H,3-7,10-13,15H2,1-2H3,(H,23,27)(H,24,26). The van der Waals surface area contributed by atoms with Gasteiger partial charge in [0.15, 0.2) is 0 Å². The van der Waals surface area contributed by atoms with Crippen LogP contribution in [0.5, 0.6) is 11.5 Å². The van der Waals surface area contributed by atoms with Crippen LogP contribution in [0.15, 0.2) is 18.2 Å². The van der Waals surface area contributed by atoms with Crippen LogP contribution in [-0.4, -0.2) is 56.6 Å². The van der Waals surface area contributed by atoms with Crippen LogP contribution >= 0.6 is 0 Å². The fourth-order valence-electron chi connectivity index (χ4n) is 4.22. The summed E-state index contributed by atoms with van der Waals surface area (Å²) in [6, 6.07) is 5.54. The highest BCUT2D eigenvalue weighted by molar-refractivity contribution is 5.94. The Bertz CT molecular complexity index is 695. The molecule has 29 heavy (non-hydrogen) atoms. The van der Waals surface area contributed by atoms with Gasteiger partial charge in [0.1, 0.15) is 11.5 Å². The molecule has 3 rings (SSSR count). The SMILES string of the molecule is COc1ccc(OC)c(NC(=O)CN2CCC(NC(=O)C3CCCCC3)CC2)c1. The Hall–Kier alpha value is -2.28. The largest absolute Gasteiger partial charge is 0.497 e. The number of benzene rings is 1. The molecule has 160 valence electrons. The zero-order chi connectivity index (χ0) is 20.6. The molecule has 0 bridgehead atoms. The van der Waals surface area contributed by atoms with E-state index >= 15 is 0 Å². The van der Waals surface area contributed by atoms with Gasteiger partial charge < -0.3 is 20.1 Å². The number of nitrogens with zero attached hydrogens (tertiary/aromatic N) is 1. The van der Waals surface area contributed by atoms with Crippen LogP contribution < -0.4 is 20.1 Å². The maximum Gasteiger partial charge on any atom is 0.238 e. The van der Waals surface area contributed by atoms with Crippen molar-refractivity contribution in [3.63, 3.8) is 0 Å². The number of methoxy groups -OCH3 is 2. The van der Waals surface area contributed by atoms with Crippen LogP contribution in [-0.2, 0) is 9.59 Å². The number of hydrogen-bond acceptors (Lipinski definition) is 5. The summed E-state index contributed by atoms with van der Waals surface area (Å²) in [5, 5.41) is 6.15. The van der Waals surface area contributed by atoms with Gasteiger partial charge in [-0.1, -0.05) is 19.3 Å². The van der Waals surface area contributed by atoms with E-state index in [1.807, 2.05) is 0 Å². The first kappa shape index (κ1) is 21.4. The molecule has 7 nitrogen and oxygen atoms in total. The second-order valence-corrected chi connectivity index (χ2v) is 8.01. The van der Waals surface area contributed by atoms with Crippen molar-refractivity contribution in [2.24, 2.45) is 5.92 Å². The number of likely N-dealkylation sites (tertiary alicyclic amines) is 1. The molecule has 2 amide bonds. The van der Waals surface area contributed by atoms with Crippen molar-refractivity contribution < 1.29 is 19.1 Å². The van der Waals surface area contributed by atoms with E-state index in [4.69, 9.17) is 9.47 Å². The van der Waals surface area contributed by atoms with Crippen LogP contribution in [0.25, 0.3) is 0 Å². The monoisotopic (exact) mass is 403 g/mol. The molecule has 1 aromatic rings. The van der Waals surface area contributed by atoms with Gasteiger partial charge in [0.05, 0.1) is 26.5 Å². The Balaban J connectivity index is 1.43. The van der Waals surface area contributed by atoms with E-state index < -0.39 is 0 Å². The number of piperidine rings is 1. The third-order valence-electron chi connectivity index (χ3n) is 5.96. The van der Waals surface area contributed by atoms with E-state index in [2.05, 4.69) is 15.5 Å². The molecular formula is C22H33N3O4. The summed E-state index contributed by atoms with van der Waals surface area (Å²) >= 11 is 0. The van der Waals surface area contributed by atoms with Crippen molar-refractivity contribution in [1.29, 1.82) is 0 Å². The average molecular weight is 404 g/mol. The number of carbonyl (C=O) groups is 2. The molecule has 2 N–H and O–H groups in total. The molecule has 1 aliphatic carbocycles. The highest BCUT2D eigenvalue weighted by atomic mass is 16.5. The van der Waals surface area contributed by atoms with Gasteiger partial charge in [0.2, 0.25) is 11.8 Å². The lowest BCUT2D eigenvalue weighted by Gasteiger charge is -2.33. The van der Waals surface area contributed by atoms with Crippen molar-refractivity contribution in [2.45, 2.75) is 51.0 Å². The zero-order valence-corrected chi connectivity index (χ0v) is 17.5. The molecular weight excluding hydrogens is 370 g/mol. The van der Waals surface area contributed by atoms with Gasteiger partial charge in [-0.2, -0.15) is 0 Å². The lowest BCUT2D eigenvalue weighted by Crippen LogP contribution is -2.48. The summed E-state index contributed by atoms with van der Waals surface area (Å²) in [4.78, 5) is 27.1. The Morgan fingerprint density at radius 1 is 1.03 bits per heavy atom. The number of nitrogens with one attached hydrogen (secondary N) is 2. The van der Waals surface area contributed by atoms with Crippen LogP contribution in [0.2, 0.25) is 0 Å². The van der Waals surface area contributed by atoms with Crippen molar-refractivity contribution >= 4 is 17.5 Å². The first-order valence-corrected chi connectivity index (χ1v) is 10.6. The van der Waals surface area contributed by atoms with Crippen LogP contribution in [0.3, 0.4) is 0 Å². The first-order valence-electron chi connectivity index (χ1n) is 10.6. The third kappa shape index (κ3) is 6.10. The summed E-state index contributed by atoms with van der Waals surface area (Å²) in [6.07, 6.45) is 7.42. The number of carbonyl (C=O) groups excluding carboxylic acids is 2. The van der Waals surface area contributed by atoms with Gasteiger partial charge in [-0.25, -0.2) is 0 Å². The molecule has 1 aromatic carbocycles. The Kier molecular flexibility index (Phi) is 7.75. The number of hydrogen-bond donors (Lipinski definition) is 2. The number of ether oxygens (including phenoxy) is 2. The summed E-state index contributed by atoms with van der Waals surface area (Å²) in [5.74, 6) is 1.61. The molecule has 1 saturated carbocycles. The van der Waals surface area contributed by atoms with Crippen molar-refractivity contribution in [3.05, 3.63) is 18.2 Å². The second-order valence-electron chi connectivity index (χ2n) is 8.01. The van der Waals surface area contributed by atoms with Crippen LogP contribution in [0, 0.1) is 5.92 Å². The molecule has 7 heteroatoms. The van der Waals surface area contributed by atoms with E-state index in [1.54, 1.807) is 32.4 Å². The smallest absolute Gasteiger partial charge is 0.238 e. The van der Waals surface area contributed by atoms with Gasteiger partial charge in [-0.15, -0.1) is 0 Å². The van der Waals surface area contributed by atoms with Gasteiger partial charge in [0, 0.05) is 31.1 Å². The minimum Gasteiger partial charge on any atom is -0.497 e. The van der Waals surface area contributed by atoms with Crippen LogP contribution in [0.4, 0.5) is 5.69 Å². The Morgan fingerprint density at radius 3 is 2.41 bits per heavy atom. The Labute approximate surface area is 173 Å². The molecule has 2 aliphatic rings. The fourth-order valence-corrected chi connectivity index (χ4v) is 4.22. The quantitative estimate of drug-likeness (QED) is 0.732. The number of amides is 2. The predicted octanol–water partition coefficient (Wildman–Crippen LogP) is 2.80. The summed E-state index contributed by atoms with van der Waals surface area (Å²) in [6.45, 7) is 1.93. The molecule has 1 aliphatic heterocycles. The highest BCUT2D eigenvalue weighted by Crippen LogP contribution is 2.29. The van der Waals surface area contributed by atoms with Gasteiger partial charge in [-0.3, -0.25) is 14.5 Å². The van der Waals surface area contributed by atoms with Gasteiger partial charge >= 0.3 is 0 Å².